The zero-order chi connectivity index (χ0) is 30.5. The molecule has 0 unspecified atom stereocenters. The molecule has 6 aromatic carbocycles. The Labute approximate surface area is 264 Å². The highest BCUT2D eigenvalue weighted by Gasteiger charge is 2.41. The average Bonchev–Trinajstić information content (AvgIpc) is 3.14. The Bertz CT molecular complexity index is 2000. The molecule has 0 aliphatic carbocycles. The third-order valence-corrected chi connectivity index (χ3v) is 12.9. The van der Waals surface area contributed by atoms with Crippen molar-refractivity contribution in [2.24, 2.45) is 0 Å². The lowest BCUT2D eigenvalue weighted by molar-refractivity contribution is 1.07. The summed E-state index contributed by atoms with van der Waals surface area (Å²) in [6, 6.07) is 58.7. The standard InChI is InChI=1S/C40H28N4Si/c1-41-37-25-15-14-24-36(37)40-43-38(30-16-6-2-7-17-30)42-39(44-40)31-26-28-35(29-27-31)45(32-18-8-3-9-19-32,33-20-10-4-11-21-33)34-22-12-5-13-23-34/h2-29H. The molecule has 0 aliphatic heterocycles. The van der Waals surface area contributed by atoms with Crippen LogP contribution in [0.4, 0.5) is 5.69 Å². The van der Waals surface area contributed by atoms with Gasteiger partial charge in [-0.25, -0.2) is 19.8 Å². The van der Waals surface area contributed by atoms with E-state index in [0.29, 0.717) is 28.7 Å². The van der Waals surface area contributed by atoms with Crippen LogP contribution in [-0.4, -0.2) is 23.0 Å². The van der Waals surface area contributed by atoms with E-state index in [1.165, 1.54) is 20.7 Å². The highest BCUT2D eigenvalue weighted by atomic mass is 28.3. The SMILES string of the molecule is [C-]#[N+]c1ccccc1-c1nc(-c2ccccc2)nc(-c2ccc([Si](c3ccccc3)(c3ccccc3)c3ccccc3)cc2)n1. The fourth-order valence-corrected chi connectivity index (χ4v) is 10.8. The van der Waals surface area contributed by atoms with Crippen LogP contribution in [0.5, 0.6) is 0 Å². The van der Waals surface area contributed by atoms with Gasteiger partial charge in [-0.1, -0.05) is 170 Å². The summed E-state index contributed by atoms with van der Waals surface area (Å²) in [7, 11) is -2.65. The fourth-order valence-electron chi connectivity index (χ4n) is 6.04. The summed E-state index contributed by atoms with van der Waals surface area (Å²) in [6.45, 7) is 7.72. The second kappa shape index (κ2) is 12.3. The Morgan fingerprint density at radius 3 is 1.24 bits per heavy atom. The molecule has 45 heavy (non-hydrogen) atoms. The Hall–Kier alpha value is -5.96. The summed E-state index contributed by atoms with van der Waals surface area (Å²) >= 11 is 0. The van der Waals surface area contributed by atoms with Gasteiger partial charge in [0.15, 0.2) is 31.2 Å². The van der Waals surface area contributed by atoms with Gasteiger partial charge in [0.05, 0.1) is 6.57 Å². The summed E-state index contributed by atoms with van der Waals surface area (Å²) in [5.74, 6) is 1.62. The van der Waals surface area contributed by atoms with Crippen LogP contribution in [0.3, 0.4) is 0 Å². The van der Waals surface area contributed by atoms with Crippen LogP contribution >= 0.6 is 0 Å². The molecule has 1 heterocycles. The van der Waals surface area contributed by atoms with Gasteiger partial charge in [-0.2, -0.15) is 0 Å². The van der Waals surface area contributed by atoms with Gasteiger partial charge in [0.1, 0.15) is 0 Å². The van der Waals surface area contributed by atoms with E-state index < -0.39 is 8.07 Å². The van der Waals surface area contributed by atoms with Crippen molar-refractivity contribution in [3.8, 4) is 34.2 Å². The smallest absolute Gasteiger partial charge is 0.198 e. The first-order valence-electron chi connectivity index (χ1n) is 14.8. The van der Waals surface area contributed by atoms with E-state index in [1.54, 1.807) is 6.07 Å². The van der Waals surface area contributed by atoms with Crippen molar-refractivity contribution >= 4 is 34.5 Å². The molecule has 212 valence electrons. The summed E-state index contributed by atoms with van der Waals surface area (Å²) in [6.07, 6.45) is 0. The van der Waals surface area contributed by atoms with Gasteiger partial charge in [0.2, 0.25) is 0 Å². The highest BCUT2D eigenvalue weighted by Crippen LogP contribution is 2.30. The van der Waals surface area contributed by atoms with Gasteiger partial charge >= 0.3 is 0 Å². The Morgan fingerprint density at radius 1 is 0.378 bits per heavy atom. The number of nitrogens with zero attached hydrogens (tertiary/aromatic N) is 4. The predicted molar refractivity (Wildman–Crippen MR) is 186 cm³/mol. The zero-order valence-electron chi connectivity index (χ0n) is 24.5. The van der Waals surface area contributed by atoms with Crippen LogP contribution in [-0.2, 0) is 0 Å². The summed E-state index contributed by atoms with van der Waals surface area (Å²) < 4.78 is 0. The van der Waals surface area contributed by atoms with Crippen molar-refractivity contribution in [2.75, 3.05) is 0 Å². The maximum Gasteiger partial charge on any atom is 0.198 e. The minimum atomic E-state index is -2.65. The minimum Gasteiger partial charge on any atom is -0.237 e. The molecule has 5 heteroatoms. The van der Waals surface area contributed by atoms with Crippen LogP contribution in [0.1, 0.15) is 0 Å². The second-order valence-corrected chi connectivity index (χ2v) is 14.5. The molecule has 0 aliphatic rings. The van der Waals surface area contributed by atoms with Gasteiger partial charge in [-0.3, -0.25) is 0 Å². The lowest BCUT2D eigenvalue weighted by Crippen LogP contribution is -2.74. The zero-order valence-corrected chi connectivity index (χ0v) is 25.5. The summed E-state index contributed by atoms with van der Waals surface area (Å²) in [5.41, 5.74) is 2.97. The highest BCUT2D eigenvalue weighted by molar-refractivity contribution is 7.19. The molecule has 0 bridgehead atoms. The lowest BCUT2D eigenvalue weighted by atomic mass is 10.1. The third kappa shape index (κ3) is 5.25. The molecule has 0 radical (unpaired) electrons. The molecular formula is C40H28N4Si. The van der Waals surface area contributed by atoms with Crippen molar-refractivity contribution in [3.05, 3.63) is 181 Å². The number of rotatable bonds is 7. The maximum atomic E-state index is 7.72. The third-order valence-electron chi connectivity index (χ3n) is 8.13. The van der Waals surface area contributed by atoms with Crippen LogP contribution in [0.2, 0.25) is 0 Å². The van der Waals surface area contributed by atoms with Crippen LogP contribution < -0.4 is 20.7 Å². The van der Waals surface area contributed by atoms with Gasteiger partial charge in [-0.05, 0) is 20.7 Å². The summed E-state index contributed by atoms with van der Waals surface area (Å²) in [5, 5.41) is 5.23. The molecule has 7 aromatic rings. The van der Waals surface area contributed by atoms with Gasteiger partial charge < -0.3 is 0 Å². The number of para-hydroxylation sites is 1. The molecule has 0 spiro atoms. The number of hydrogen-bond acceptors (Lipinski definition) is 3. The monoisotopic (exact) mass is 592 g/mol. The van der Waals surface area contributed by atoms with Crippen LogP contribution in [0, 0.1) is 6.57 Å². The van der Waals surface area contributed by atoms with Crippen molar-refractivity contribution in [3.63, 3.8) is 0 Å². The Morgan fingerprint density at radius 2 is 0.756 bits per heavy atom. The minimum absolute atomic E-state index is 0.483. The normalized spacial score (nSPS) is 11.1. The van der Waals surface area contributed by atoms with Crippen molar-refractivity contribution in [1.82, 2.24) is 15.0 Å². The average molecular weight is 593 g/mol. The van der Waals surface area contributed by atoms with E-state index in [9.17, 15) is 0 Å². The van der Waals surface area contributed by atoms with Crippen LogP contribution in [0.15, 0.2) is 170 Å². The van der Waals surface area contributed by atoms with E-state index in [2.05, 4.69) is 120 Å². The maximum absolute atomic E-state index is 7.72. The molecule has 1 aromatic heterocycles. The Balaban J connectivity index is 1.42. The fraction of sp³-hybridized carbons (Fsp3) is 0. The van der Waals surface area contributed by atoms with Gasteiger partial charge in [0, 0.05) is 16.7 Å². The van der Waals surface area contributed by atoms with Crippen LogP contribution in [0.25, 0.3) is 39.0 Å². The van der Waals surface area contributed by atoms with E-state index in [0.717, 1.165) is 11.1 Å². The van der Waals surface area contributed by atoms with E-state index in [4.69, 9.17) is 21.5 Å². The van der Waals surface area contributed by atoms with E-state index in [-0.39, 0.29) is 0 Å². The Kier molecular flexibility index (Phi) is 7.63. The quantitative estimate of drug-likeness (QED) is 0.116. The molecule has 0 amide bonds. The van der Waals surface area contributed by atoms with Crippen molar-refractivity contribution in [2.45, 2.75) is 0 Å². The molecule has 4 nitrogen and oxygen atoms in total. The first-order valence-corrected chi connectivity index (χ1v) is 16.8. The lowest BCUT2D eigenvalue weighted by Gasteiger charge is -2.34. The molecule has 0 fully saturated rings. The topological polar surface area (TPSA) is 43.0 Å². The van der Waals surface area contributed by atoms with Gasteiger partial charge in [-0.15, -0.1) is 0 Å². The molecule has 0 saturated heterocycles. The van der Waals surface area contributed by atoms with Crippen molar-refractivity contribution < 1.29 is 0 Å². The molecule has 0 saturated carbocycles. The molecule has 0 atom stereocenters. The van der Waals surface area contributed by atoms with Crippen molar-refractivity contribution in [1.29, 1.82) is 0 Å². The van der Waals surface area contributed by atoms with E-state index in [1.807, 2.05) is 48.5 Å². The first kappa shape index (κ1) is 27.8. The summed E-state index contributed by atoms with van der Waals surface area (Å²) in [4.78, 5) is 18.4. The predicted octanol–water partition coefficient (Wildman–Crippen LogP) is 6.80. The molecular weight excluding hydrogens is 565 g/mol. The largest absolute Gasteiger partial charge is 0.237 e. The molecule has 0 N–H and O–H groups in total. The second-order valence-electron chi connectivity index (χ2n) is 10.7. The first-order chi connectivity index (χ1) is 22.3. The number of hydrogen-bond donors (Lipinski definition) is 0. The number of benzene rings is 6. The molecule has 7 rings (SSSR count). The number of aromatic nitrogens is 3. The van der Waals surface area contributed by atoms with E-state index >= 15 is 0 Å². The van der Waals surface area contributed by atoms with Gasteiger partial charge in [0.25, 0.3) is 0 Å².